The van der Waals surface area contributed by atoms with Crippen molar-refractivity contribution >= 4 is 29.6 Å². The van der Waals surface area contributed by atoms with E-state index in [2.05, 4.69) is 22.3 Å². The molecule has 282 valence electrons. The maximum Gasteiger partial charge on any atom is 0.419 e. The van der Waals surface area contributed by atoms with Crippen molar-refractivity contribution in [2.45, 2.75) is 123 Å². The first kappa shape index (κ1) is 37.9. The van der Waals surface area contributed by atoms with Crippen molar-refractivity contribution in [3.05, 3.63) is 88.5 Å². The van der Waals surface area contributed by atoms with Gasteiger partial charge in [0.05, 0.1) is 12.3 Å². The summed E-state index contributed by atoms with van der Waals surface area (Å²) in [5, 5.41) is 2.73. The largest absolute Gasteiger partial charge is 0.494 e. The normalized spacial score (nSPS) is 16.3. The van der Waals surface area contributed by atoms with Crippen LogP contribution in [0.4, 0.5) is 10.5 Å². The number of benzene rings is 3. The van der Waals surface area contributed by atoms with Gasteiger partial charge in [-0.1, -0.05) is 74.4 Å². The van der Waals surface area contributed by atoms with E-state index in [0.29, 0.717) is 48.7 Å². The minimum absolute atomic E-state index is 0.139. The van der Waals surface area contributed by atoms with Crippen LogP contribution in [-0.2, 0) is 27.5 Å². The minimum Gasteiger partial charge on any atom is -0.494 e. The van der Waals surface area contributed by atoms with Crippen LogP contribution in [0.15, 0.2) is 65.7 Å². The highest BCUT2D eigenvalue weighted by molar-refractivity contribution is 5.98. The number of hydrogen-bond donors (Lipinski definition) is 1. The number of esters is 1. The Bertz CT molecular complexity index is 1720. The Morgan fingerprint density at radius 2 is 1.49 bits per heavy atom. The molecule has 2 saturated carbocycles. The van der Waals surface area contributed by atoms with Gasteiger partial charge >= 0.3 is 12.1 Å². The highest BCUT2D eigenvalue weighted by atomic mass is 16.6. The molecular weight excluding hydrogens is 668 g/mol. The Hall–Kier alpha value is -4.86. The van der Waals surface area contributed by atoms with Gasteiger partial charge in [-0.05, 0) is 99.9 Å². The summed E-state index contributed by atoms with van der Waals surface area (Å²) in [7, 11) is 0. The van der Waals surface area contributed by atoms with Gasteiger partial charge in [0.2, 0.25) is 11.9 Å². The summed E-state index contributed by atoms with van der Waals surface area (Å²) in [4.78, 5) is 48.4. The molecule has 1 N–H and O–H groups in total. The molecule has 6 rings (SSSR count). The molecule has 53 heavy (non-hydrogen) atoms. The number of nitrogens with zero attached hydrogens (tertiary/aromatic N) is 3. The second-order valence-electron chi connectivity index (χ2n) is 14.8. The standard InChI is InChI=1S/C43H54N4O6/c1-30-24-31(2)38(32(3)25-30)29-52-41(49)28-46-27-33-26-37(21-22-39(33)44-42(46)45-43(50)53-36-18-11-6-12-19-36)51-23-13-20-40(48)47(34-14-7-4-8-15-34)35-16-9-5-10-17-35/h6,11-12,18-19,21-22,24-26,34-35H,4-5,7-10,13-17,20,23,27-29H2,1-3H3,(H,44,45,50). The number of carbonyl (C=O) groups is 3. The van der Waals surface area contributed by atoms with Gasteiger partial charge in [0.15, 0.2) is 0 Å². The molecular formula is C43H54N4O6. The highest BCUT2D eigenvalue weighted by Gasteiger charge is 2.32. The molecule has 0 radical (unpaired) electrons. The quantitative estimate of drug-likeness (QED) is 0.147. The summed E-state index contributed by atoms with van der Waals surface area (Å²) >= 11 is 0. The van der Waals surface area contributed by atoms with Crippen LogP contribution in [0.25, 0.3) is 0 Å². The molecule has 1 heterocycles. The number of amides is 2. The first-order valence-electron chi connectivity index (χ1n) is 19.4. The average molecular weight is 723 g/mol. The van der Waals surface area contributed by atoms with Gasteiger partial charge in [0, 0.05) is 30.6 Å². The minimum atomic E-state index is -0.720. The molecule has 3 aromatic carbocycles. The molecule has 2 aliphatic carbocycles. The second-order valence-corrected chi connectivity index (χ2v) is 14.8. The van der Waals surface area contributed by atoms with E-state index in [1.807, 2.05) is 45.0 Å². The third-order valence-corrected chi connectivity index (χ3v) is 10.7. The zero-order valence-electron chi connectivity index (χ0n) is 31.5. The zero-order valence-corrected chi connectivity index (χ0v) is 31.5. The maximum absolute atomic E-state index is 13.6. The van der Waals surface area contributed by atoms with E-state index in [-0.39, 0.29) is 31.6 Å². The summed E-state index contributed by atoms with van der Waals surface area (Å²) in [5.74, 6) is 1.05. The maximum atomic E-state index is 13.6. The summed E-state index contributed by atoms with van der Waals surface area (Å²) in [5.41, 5.74) is 5.75. The topological polar surface area (TPSA) is 110 Å². The molecule has 0 saturated heterocycles. The second kappa shape index (κ2) is 18.3. The van der Waals surface area contributed by atoms with Crippen molar-refractivity contribution in [2.75, 3.05) is 13.2 Å². The lowest BCUT2D eigenvalue weighted by atomic mass is 9.88. The first-order chi connectivity index (χ1) is 25.7. The van der Waals surface area contributed by atoms with Crippen LogP contribution in [-0.4, -0.2) is 59.0 Å². The first-order valence-corrected chi connectivity index (χ1v) is 19.4. The fourth-order valence-corrected chi connectivity index (χ4v) is 8.06. The summed E-state index contributed by atoms with van der Waals surface area (Å²) < 4.78 is 17.4. The Balaban J connectivity index is 1.09. The molecule has 1 aliphatic heterocycles. The van der Waals surface area contributed by atoms with Crippen molar-refractivity contribution in [1.82, 2.24) is 15.1 Å². The molecule has 0 unspecified atom stereocenters. The van der Waals surface area contributed by atoms with Gasteiger partial charge in [0.25, 0.3) is 0 Å². The van der Waals surface area contributed by atoms with Gasteiger partial charge in [-0.2, -0.15) is 0 Å². The molecule has 2 amide bonds. The van der Waals surface area contributed by atoms with Gasteiger partial charge in [-0.25, -0.2) is 9.79 Å². The summed E-state index contributed by atoms with van der Waals surface area (Å²) in [6.07, 6.45) is 12.3. The summed E-state index contributed by atoms with van der Waals surface area (Å²) in [6, 6.07) is 19.3. The number of hydrogen-bond acceptors (Lipinski definition) is 8. The van der Waals surface area contributed by atoms with E-state index < -0.39 is 12.1 Å². The van der Waals surface area contributed by atoms with E-state index in [0.717, 1.165) is 53.5 Å². The van der Waals surface area contributed by atoms with E-state index in [1.165, 1.54) is 38.5 Å². The number of nitrogens with one attached hydrogen (secondary N) is 1. The van der Waals surface area contributed by atoms with E-state index >= 15 is 0 Å². The zero-order chi connectivity index (χ0) is 37.2. The van der Waals surface area contributed by atoms with Gasteiger partial charge in [-0.15, -0.1) is 0 Å². The number of rotatable bonds is 12. The number of aryl methyl sites for hydroxylation is 3. The lowest BCUT2D eigenvalue weighted by Gasteiger charge is -2.42. The lowest BCUT2D eigenvalue weighted by molar-refractivity contribution is -0.145. The number of fused-ring (bicyclic) bond motifs is 1. The molecule has 0 atom stereocenters. The average Bonchev–Trinajstić information content (AvgIpc) is 3.14. The molecule has 0 aromatic heterocycles. The van der Waals surface area contributed by atoms with Crippen LogP contribution in [0.3, 0.4) is 0 Å². The van der Waals surface area contributed by atoms with Crippen molar-refractivity contribution in [3.8, 4) is 11.5 Å². The van der Waals surface area contributed by atoms with E-state index in [1.54, 1.807) is 29.2 Å². The van der Waals surface area contributed by atoms with Crippen LogP contribution in [0.5, 0.6) is 11.5 Å². The third kappa shape index (κ3) is 10.4. The van der Waals surface area contributed by atoms with Crippen molar-refractivity contribution in [1.29, 1.82) is 0 Å². The van der Waals surface area contributed by atoms with Crippen LogP contribution in [0.2, 0.25) is 0 Å². The van der Waals surface area contributed by atoms with Gasteiger partial charge < -0.3 is 24.0 Å². The molecule has 0 spiro atoms. The summed E-state index contributed by atoms with van der Waals surface area (Å²) in [6.45, 7) is 6.78. The molecule has 10 heteroatoms. The van der Waals surface area contributed by atoms with Crippen molar-refractivity contribution in [3.63, 3.8) is 0 Å². The lowest BCUT2D eigenvalue weighted by Crippen LogP contribution is -2.48. The van der Waals surface area contributed by atoms with E-state index in [9.17, 15) is 14.4 Å². The van der Waals surface area contributed by atoms with Crippen LogP contribution >= 0.6 is 0 Å². The number of aliphatic imine (C=N–C) groups is 1. The Morgan fingerprint density at radius 1 is 0.830 bits per heavy atom. The fourth-order valence-electron chi connectivity index (χ4n) is 8.06. The molecule has 2 fully saturated rings. The number of carbonyl (C=O) groups excluding carboxylic acids is 3. The smallest absolute Gasteiger partial charge is 0.419 e. The Morgan fingerprint density at radius 3 is 2.15 bits per heavy atom. The number of para-hydroxylation sites is 1. The molecule has 3 aliphatic rings. The van der Waals surface area contributed by atoms with Gasteiger partial charge in [-0.3, -0.25) is 14.9 Å². The van der Waals surface area contributed by atoms with E-state index in [4.69, 9.17) is 19.2 Å². The molecule has 3 aromatic rings. The van der Waals surface area contributed by atoms with Crippen LogP contribution in [0.1, 0.15) is 105 Å². The molecule has 0 bridgehead atoms. The van der Waals surface area contributed by atoms with Crippen LogP contribution in [0, 0.1) is 20.8 Å². The fraction of sp³-hybridized carbons (Fsp3) is 0.488. The number of guanidine groups is 1. The van der Waals surface area contributed by atoms with Crippen molar-refractivity contribution < 1.29 is 28.6 Å². The highest BCUT2D eigenvalue weighted by Crippen LogP contribution is 2.32. The van der Waals surface area contributed by atoms with Gasteiger partial charge in [0.1, 0.15) is 24.7 Å². The van der Waals surface area contributed by atoms with Crippen LogP contribution < -0.4 is 14.8 Å². The predicted molar refractivity (Wildman–Crippen MR) is 205 cm³/mol. The Kier molecular flexibility index (Phi) is 13.0. The SMILES string of the molecule is Cc1cc(C)c(COC(=O)CN2Cc3cc(OCCCC(=O)N(C4CCCCC4)C4CCCCC4)ccc3N=C2NC(=O)Oc2ccccc2)c(C)c1. The monoisotopic (exact) mass is 722 g/mol. The number of ether oxygens (including phenoxy) is 3. The molecule has 10 nitrogen and oxygen atoms in total. The predicted octanol–water partition coefficient (Wildman–Crippen LogP) is 8.60. The van der Waals surface area contributed by atoms with Crippen molar-refractivity contribution in [2.24, 2.45) is 4.99 Å². The third-order valence-electron chi connectivity index (χ3n) is 10.7. The Labute approximate surface area is 313 Å².